The van der Waals surface area contributed by atoms with Gasteiger partial charge in [0.05, 0.1) is 0 Å². The van der Waals surface area contributed by atoms with Crippen molar-refractivity contribution in [3.63, 3.8) is 0 Å². The normalized spacial score (nSPS) is 12.8. The van der Waals surface area contributed by atoms with Crippen LogP contribution in [0.2, 0.25) is 0 Å². The predicted molar refractivity (Wildman–Crippen MR) is 119 cm³/mol. The van der Waals surface area contributed by atoms with Gasteiger partial charge in [-0.3, -0.25) is 4.98 Å². The van der Waals surface area contributed by atoms with Crippen molar-refractivity contribution in [3.05, 3.63) is 76.9 Å². The minimum absolute atomic E-state index is 0.0542. The minimum Gasteiger partial charge on any atom is -0.264 e. The lowest BCUT2D eigenvalue weighted by Gasteiger charge is -2.27. The smallest absolute Gasteiger partial charge is 0.0348 e. The molecule has 0 aliphatic carbocycles. The van der Waals surface area contributed by atoms with Crippen LogP contribution in [0.3, 0.4) is 0 Å². The van der Waals surface area contributed by atoms with Crippen LogP contribution < -0.4 is 0 Å². The van der Waals surface area contributed by atoms with Crippen molar-refractivity contribution in [2.24, 2.45) is 0 Å². The Hall–Kier alpha value is -2.19. The van der Waals surface area contributed by atoms with E-state index in [0.717, 1.165) is 6.42 Å². The lowest BCUT2D eigenvalue weighted by atomic mass is 9.77. The average molecular weight is 374 g/mol. The molecule has 1 nitrogen and oxygen atoms in total. The number of nitrogens with zero attached hydrogens (tertiary/aromatic N) is 1. The molecule has 2 aromatic carbocycles. The van der Waals surface area contributed by atoms with E-state index < -0.39 is 0 Å². The molecular formula is C25H27NS. The molecule has 2 heteroatoms. The van der Waals surface area contributed by atoms with Gasteiger partial charge in [-0.15, -0.1) is 11.3 Å². The Morgan fingerprint density at radius 2 is 1.70 bits per heavy atom. The summed E-state index contributed by atoms with van der Waals surface area (Å²) in [6.07, 6.45) is 4.88. The number of hydrogen-bond acceptors (Lipinski definition) is 2. The highest BCUT2D eigenvalue weighted by molar-refractivity contribution is 7.19. The molecule has 0 aliphatic heterocycles. The Morgan fingerprint density at radius 3 is 2.48 bits per heavy atom. The summed E-state index contributed by atoms with van der Waals surface area (Å²) in [6.45, 7) is 11.6. The third-order valence-corrected chi connectivity index (χ3v) is 6.90. The van der Waals surface area contributed by atoms with Gasteiger partial charge in [-0.1, -0.05) is 65.0 Å². The Balaban J connectivity index is 1.71. The highest BCUT2D eigenvalue weighted by atomic mass is 32.1. The molecule has 0 saturated heterocycles. The number of benzene rings is 2. The quantitative estimate of drug-likeness (QED) is 0.368. The van der Waals surface area contributed by atoms with Crippen molar-refractivity contribution in [3.8, 4) is 0 Å². The first-order chi connectivity index (χ1) is 12.7. The molecule has 27 heavy (non-hydrogen) atoms. The lowest BCUT2D eigenvalue weighted by Crippen LogP contribution is -2.21. The molecule has 0 atom stereocenters. The first kappa shape index (κ1) is 18.2. The van der Waals surface area contributed by atoms with Gasteiger partial charge in [-0.25, -0.2) is 0 Å². The summed E-state index contributed by atoms with van der Waals surface area (Å²) in [6, 6.07) is 18.0. The summed E-state index contributed by atoms with van der Waals surface area (Å²) in [5, 5.41) is 3.89. The third-order valence-electron chi connectivity index (χ3n) is 5.38. The van der Waals surface area contributed by atoms with Gasteiger partial charge in [-0.05, 0) is 57.3 Å². The maximum Gasteiger partial charge on any atom is 0.0348 e. The molecule has 0 unspecified atom stereocenters. The van der Waals surface area contributed by atoms with Crippen LogP contribution in [0.15, 0.2) is 60.9 Å². The van der Waals surface area contributed by atoms with E-state index in [2.05, 4.69) is 88.1 Å². The van der Waals surface area contributed by atoms with Gasteiger partial charge < -0.3 is 0 Å². The molecule has 138 valence electrons. The average Bonchev–Trinajstić information content (AvgIpc) is 3.04. The van der Waals surface area contributed by atoms with E-state index in [4.69, 9.17) is 0 Å². The SMILES string of the molecule is CC(C)(C)c1cc2ccc(CC(C)(C)c3cccc4cnccc34)cc2s1. The molecule has 0 bridgehead atoms. The number of fused-ring (bicyclic) bond motifs is 2. The second kappa shape index (κ2) is 6.45. The summed E-state index contributed by atoms with van der Waals surface area (Å²) in [4.78, 5) is 5.73. The lowest BCUT2D eigenvalue weighted by molar-refractivity contribution is 0.527. The van der Waals surface area contributed by atoms with E-state index in [1.165, 1.54) is 36.9 Å². The van der Waals surface area contributed by atoms with Crippen molar-refractivity contribution < 1.29 is 0 Å². The molecular weight excluding hydrogens is 346 g/mol. The number of pyridine rings is 1. The van der Waals surface area contributed by atoms with Crippen molar-refractivity contribution in [2.45, 2.75) is 51.9 Å². The van der Waals surface area contributed by atoms with Crippen LogP contribution in [0.1, 0.15) is 50.6 Å². The second-order valence-corrected chi connectivity index (χ2v) is 10.3. The zero-order valence-electron chi connectivity index (χ0n) is 16.8. The van der Waals surface area contributed by atoms with Crippen LogP contribution in [0.4, 0.5) is 0 Å². The second-order valence-electron chi connectivity index (χ2n) is 9.20. The summed E-state index contributed by atoms with van der Waals surface area (Å²) >= 11 is 1.93. The van der Waals surface area contributed by atoms with E-state index in [1.807, 2.05) is 23.7 Å². The van der Waals surface area contributed by atoms with Crippen LogP contribution in [0, 0.1) is 0 Å². The Labute approximate surface area is 166 Å². The molecule has 4 aromatic rings. The summed E-state index contributed by atoms with van der Waals surface area (Å²) in [5.74, 6) is 0. The third kappa shape index (κ3) is 3.51. The molecule has 0 spiro atoms. The van der Waals surface area contributed by atoms with Crippen molar-refractivity contribution in [2.75, 3.05) is 0 Å². The maximum absolute atomic E-state index is 4.28. The highest BCUT2D eigenvalue weighted by Crippen LogP contribution is 2.37. The first-order valence-electron chi connectivity index (χ1n) is 9.60. The van der Waals surface area contributed by atoms with Crippen molar-refractivity contribution in [1.29, 1.82) is 0 Å². The fourth-order valence-electron chi connectivity index (χ4n) is 3.87. The number of aromatic nitrogens is 1. The van der Waals surface area contributed by atoms with Crippen LogP contribution in [0.5, 0.6) is 0 Å². The van der Waals surface area contributed by atoms with Crippen LogP contribution >= 0.6 is 11.3 Å². The summed E-state index contributed by atoms with van der Waals surface area (Å²) in [5.41, 5.74) is 3.06. The van der Waals surface area contributed by atoms with Gasteiger partial charge in [0.1, 0.15) is 0 Å². The molecule has 0 amide bonds. The number of thiophene rings is 1. The molecule has 0 fully saturated rings. The van der Waals surface area contributed by atoms with Gasteiger partial charge in [-0.2, -0.15) is 0 Å². The van der Waals surface area contributed by atoms with Crippen molar-refractivity contribution >= 4 is 32.2 Å². The van der Waals surface area contributed by atoms with E-state index in [0.29, 0.717) is 0 Å². The Morgan fingerprint density at radius 1 is 0.889 bits per heavy atom. The van der Waals surface area contributed by atoms with Gasteiger partial charge in [0.15, 0.2) is 0 Å². The van der Waals surface area contributed by atoms with Gasteiger partial charge in [0.25, 0.3) is 0 Å². The van der Waals surface area contributed by atoms with Gasteiger partial charge in [0.2, 0.25) is 0 Å². The van der Waals surface area contributed by atoms with E-state index >= 15 is 0 Å². The summed E-state index contributed by atoms with van der Waals surface area (Å²) in [7, 11) is 0. The topological polar surface area (TPSA) is 12.9 Å². The number of hydrogen-bond donors (Lipinski definition) is 0. The fraction of sp³-hybridized carbons (Fsp3) is 0.320. The molecule has 0 aliphatic rings. The molecule has 4 rings (SSSR count). The zero-order chi connectivity index (χ0) is 19.2. The van der Waals surface area contributed by atoms with Crippen LogP contribution in [-0.2, 0) is 17.3 Å². The minimum atomic E-state index is 0.0542. The van der Waals surface area contributed by atoms with E-state index in [1.54, 1.807) is 0 Å². The van der Waals surface area contributed by atoms with E-state index in [9.17, 15) is 0 Å². The monoisotopic (exact) mass is 373 g/mol. The number of rotatable bonds is 3. The van der Waals surface area contributed by atoms with Crippen molar-refractivity contribution in [1.82, 2.24) is 4.98 Å². The Kier molecular flexibility index (Phi) is 4.35. The standard InChI is InChI=1S/C25H27NS/c1-24(2,3)23-14-18-10-9-17(13-22(18)27-23)15-25(4,5)21-8-6-7-19-16-26-12-11-20(19)21/h6-14,16H,15H2,1-5H3. The largest absolute Gasteiger partial charge is 0.264 e. The highest BCUT2D eigenvalue weighted by Gasteiger charge is 2.24. The van der Waals surface area contributed by atoms with Gasteiger partial charge >= 0.3 is 0 Å². The Bertz CT molecular complexity index is 1110. The molecule has 2 aromatic heterocycles. The molecule has 0 N–H and O–H groups in total. The van der Waals surface area contributed by atoms with Crippen LogP contribution in [-0.4, -0.2) is 4.98 Å². The zero-order valence-corrected chi connectivity index (χ0v) is 17.7. The summed E-state index contributed by atoms with van der Waals surface area (Å²) < 4.78 is 1.40. The first-order valence-corrected chi connectivity index (χ1v) is 10.4. The van der Waals surface area contributed by atoms with Gasteiger partial charge in [0, 0.05) is 27.4 Å². The molecule has 2 heterocycles. The molecule has 0 radical (unpaired) electrons. The van der Waals surface area contributed by atoms with Crippen LogP contribution in [0.25, 0.3) is 20.9 Å². The molecule has 0 saturated carbocycles. The predicted octanol–water partition coefficient (Wildman–Crippen LogP) is 7.27. The fourth-order valence-corrected chi connectivity index (χ4v) is 5.06. The maximum atomic E-state index is 4.28. The van der Waals surface area contributed by atoms with E-state index in [-0.39, 0.29) is 10.8 Å².